The zero-order chi connectivity index (χ0) is 12.0. The van der Waals surface area contributed by atoms with Gasteiger partial charge in [0.05, 0.1) is 35.7 Å². The number of hydrogen-bond donors (Lipinski definition) is 3. The number of anilines is 2. The number of ether oxygens (including phenoxy) is 1. The Morgan fingerprint density at radius 2 is 2.41 bits per heavy atom. The van der Waals surface area contributed by atoms with Gasteiger partial charge in [-0.05, 0) is 24.6 Å². The molecule has 2 atom stereocenters. The summed E-state index contributed by atoms with van der Waals surface area (Å²) in [5, 5.41) is 12.3. The third-order valence-corrected chi connectivity index (χ3v) is 3.59. The Labute approximate surface area is 98.6 Å². The molecule has 2 aliphatic rings. The second-order valence-electron chi connectivity index (χ2n) is 4.80. The molecule has 1 saturated carbocycles. The summed E-state index contributed by atoms with van der Waals surface area (Å²) in [5.74, 6) is -0.407. The number of nitrogen functional groups attached to an aromatic ring is 1. The van der Waals surface area contributed by atoms with Crippen molar-refractivity contribution in [1.82, 2.24) is 0 Å². The van der Waals surface area contributed by atoms with Crippen molar-refractivity contribution in [3.63, 3.8) is 0 Å². The van der Waals surface area contributed by atoms with Crippen molar-refractivity contribution in [2.45, 2.75) is 12.0 Å². The van der Waals surface area contributed by atoms with Crippen LogP contribution in [0.3, 0.4) is 0 Å². The molecule has 2 unspecified atom stereocenters. The maximum Gasteiger partial charge on any atom is 0.335 e. The minimum absolute atomic E-state index is 0.00868. The Morgan fingerprint density at radius 3 is 3.00 bits per heavy atom. The van der Waals surface area contributed by atoms with Gasteiger partial charge in [-0.3, -0.25) is 0 Å². The lowest BCUT2D eigenvalue weighted by molar-refractivity contribution is 0.0697. The van der Waals surface area contributed by atoms with Crippen LogP contribution >= 0.6 is 0 Å². The molecule has 1 saturated heterocycles. The van der Waals surface area contributed by atoms with Crippen LogP contribution in [0.2, 0.25) is 0 Å². The first-order valence-corrected chi connectivity index (χ1v) is 5.59. The lowest BCUT2D eigenvalue weighted by atomic mass is 10.1. The van der Waals surface area contributed by atoms with E-state index >= 15 is 0 Å². The van der Waals surface area contributed by atoms with E-state index in [1.165, 1.54) is 6.07 Å². The molecule has 0 aromatic heterocycles. The smallest absolute Gasteiger partial charge is 0.335 e. The lowest BCUT2D eigenvalue weighted by Crippen LogP contribution is -2.26. The van der Waals surface area contributed by atoms with Gasteiger partial charge in [0.1, 0.15) is 0 Å². The van der Waals surface area contributed by atoms with Crippen molar-refractivity contribution in [3.05, 3.63) is 23.8 Å². The minimum atomic E-state index is -0.944. The van der Waals surface area contributed by atoms with E-state index in [1.807, 2.05) is 0 Å². The van der Waals surface area contributed by atoms with E-state index in [0.29, 0.717) is 23.9 Å². The predicted molar refractivity (Wildman–Crippen MR) is 63.1 cm³/mol. The molecule has 1 heterocycles. The van der Waals surface area contributed by atoms with Gasteiger partial charge >= 0.3 is 5.97 Å². The van der Waals surface area contributed by atoms with Crippen LogP contribution in [-0.4, -0.2) is 29.8 Å². The number of nitrogens with two attached hydrogens (primary N) is 1. The second kappa shape index (κ2) is 3.37. The summed E-state index contributed by atoms with van der Waals surface area (Å²) >= 11 is 0. The number of carbonyl (C=O) groups is 1. The standard InChI is InChI=1S/C12H14N2O3/c13-9-2-1-7(11(15)16)3-10(9)14-12-4-8(12)5-17-6-12/h1-3,8,14H,4-6,13H2,(H,15,16). The number of benzene rings is 1. The average Bonchev–Trinajstić information content (AvgIpc) is 2.83. The van der Waals surface area contributed by atoms with E-state index in [-0.39, 0.29) is 11.1 Å². The molecule has 0 spiro atoms. The Balaban J connectivity index is 1.87. The molecule has 0 radical (unpaired) electrons. The predicted octanol–water partition coefficient (Wildman–Crippen LogP) is 1.17. The SMILES string of the molecule is Nc1ccc(C(=O)O)cc1NC12COCC1C2. The van der Waals surface area contributed by atoms with Crippen LogP contribution in [0.4, 0.5) is 11.4 Å². The number of fused-ring (bicyclic) bond motifs is 1. The van der Waals surface area contributed by atoms with Crippen molar-refractivity contribution >= 4 is 17.3 Å². The molecule has 1 aromatic carbocycles. The number of rotatable bonds is 3. The highest BCUT2D eigenvalue weighted by atomic mass is 16.5. The fraction of sp³-hybridized carbons (Fsp3) is 0.417. The average molecular weight is 234 g/mol. The van der Waals surface area contributed by atoms with Gasteiger partial charge < -0.3 is 20.9 Å². The third-order valence-electron chi connectivity index (χ3n) is 3.59. The summed E-state index contributed by atoms with van der Waals surface area (Å²) in [6, 6.07) is 4.71. The normalized spacial score (nSPS) is 29.8. The Bertz CT molecular complexity index is 489. The summed E-state index contributed by atoms with van der Waals surface area (Å²) in [5.41, 5.74) is 7.35. The number of aromatic carboxylic acids is 1. The molecule has 2 fully saturated rings. The number of carboxylic acids is 1. The van der Waals surface area contributed by atoms with Gasteiger partial charge in [-0.2, -0.15) is 0 Å². The Hall–Kier alpha value is -1.75. The largest absolute Gasteiger partial charge is 0.478 e. The van der Waals surface area contributed by atoms with Crippen LogP contribution in [0.25, 0.3) is 0 Å². The van der Waals surface area contributed by atoms with Gasteiger partial charge in [0.2, 0.25) is 0 Å². The molecule has 1 aromatic rings. The molecular weight excluding hydrogens is 220 g/mol. The van der Waals surface area contributed by atoms with Crippen LogP contribution < -0.4 is 11.1 Å². The van der Waals surface area contributed by atoms with Crippen LogP contribution in [0, 0.1) is 5.92 Å². The van der Waals surface area contributed by atoms with Crippen LogP contribution in [-0.2, 0) is 4.74 Å². The molecule has 5 nitrogen and oxygen atoms in total. The molecule has 17 heavy (non-hydrogen) atoms. The van der Waals surface area contributed by atoms with Gasteiger partial charge in [-0.1, -0.05) is 0 Å². The molecule has 1 aliphatic heterocycles. The summed E-state index contributed by atoms with van der Waals surface area (Å²) in [7, 11) is 0. The zero-order valence-electron chi connectivity index (χ0n) is 9.27. The van der Waals surface area contributed by atoms with Gasteiger partial charge in [-0.25, -0.2) is 4.79 Å². The van der Waals surface area contributed by atoms with Gasteiger partial charge in [0.25, 0.3) is 0 Å². The minimum Gasteiger partial charge on any atom is -0.478 e. The van der Waals surface area contributed by atoms with Gasteiger partial charge in [-0.15, -0.1) is 0 Å². The fourth-order valence-corrected chi connectivity index (χ4v) is 2.41. The number of hydrogen-bond acceptors (Lipinski definition) is 4. The lowest BCUT2D eigenvalue weighted by Gasteiger charge is -2.17. The van der Waals surface area contributed by atoms with Crippen LogP contribution in [0.15, 0.2) is 18.2 Å². The van der Waals surface area contributed by atoms with E-state index in [2.05, 4.69) is 5.32 Å². The summed E-state index contributed by atoms with van der Waals surface area (Å²) in [6.07, 6.45) is 1.07. The summed E-state index contributed by atoms with van der Waals surface area (Å²) in [6.45, 7) is 1.46. The Morgan fingerprint density at radius 1 is 1.59 bits per heavy atom. The number of carboxylic acid groups (broad SMARTS) is 1. The first-order valence-electron chi connectivity index (χ1n) is 5.59. The van der Waals surface area contributed by atoms with E-state index < -0.39 is 5.97 Å². The van der Waals surface area contributed by atoms with Crippen molar-refractivity contribution in [2.24, 2.45) is 5.92 Å². The van der Waals surface area contributed by atoms with Crippen LogP contribution in [0.5, 0.6) is 0 Å². The molecule has 90 valence electrons. The highest BCUT2D eigenvalue weighted by Gasteiger charge is 2.58. The molecule has 4 N–H and O–H groups in total. The highest BCUT2D eigenvalue weighted by Crippen LogP contribution is 2.51. The molecule has 0 bridgehead atoms. The monoisotopic (exact) mass is 234 g/mol. The van der Waals surface area contributed by atoms with Crippen molar-refractivity contribution in [3.8, 4) is 0 Å². The zero-order valence-corrected chi connectivity index (χ0v) is 9.27. The first-order chi connectivity index (χ1) is 8.11. The molecular formula is C12H14N2O3. The van der Waals surface area contributed by atoms with Crippen molar-refractivity contribution < 1.29 is 14.6 Å². The summed E-state index contributed by atoms with van der Waals surface area (Å²) in [4.78, 5) is 10.9. The van der Waals surface area contributed by atoms with E-state index in [1.54, 1.807) is 12.1 Å². The fourth-order valence-electron chi connectivity index (χ4n) is 2.41. The van der Waals surface area contributed by atoms with Gasteiger partial charge in [0.15, 0.2) is 0 Å². The van der Waals surface area contributed by atoms with Crippen molar-refractivity contribution in [1.29, 1.82) is 0 Å². The maximum absolute atomic E-state index is 10.9. The van der Waals surface area contributed by atoms with E-state index in [9.17, 15) is 4.79 Å². The van der Waals surface area contributed by atoms with Crippen molar-refractivity contribution in [2.75, 3.05) is 24.3 Å². The maximum atomic E-state index is 10.9. The molecule has 3 rings (SSSR count). The van der Waals surface area contributed by atoms with Gasteiger partial charge in [0, 0.05) is 5.92 Å². The third kappa shape index (κ3) is 1.63. The molecule has 0 amide bonds. The molecule has 1 aliphatic carbocycles. The second-order valence-corrected chi connectivity index (χ2v) is 4.80. The topological polar surface area (TPSA) is 84.6 Å². The van der Waals surface area contributed by atoms with E-state index in [4.69, 9.17) is 15.6 Å². The van der Waals surface area contributed by atoms with Crippen LogP contribution in [0.1, 0.15) is 16.8 Å². The molecule has 5 heteroatoms. The highest BCUT2D eigenvalue weighted by molar-refractivity contribution is 5.90. The Kier molecular flexibility index (Phi) is 2.06. The number of nitrogens with one attached hydrogen (secondary N) is 1. The first kappa shape index (κ1) is 10.4. The van der Waals surface area contributed by atoms with E-state index in [0.717, 1.165) is 13.0 Å². The summed E-state index contributed by atoms with van der Waals surface area (Å²) < 4.78 is 5.38. The quantitative estimate of drug-likeness (QED) is 0.683.